The van der Waals surface area contributed by atoms with Crippen LogP contribution in [-0.4, -0.2) is 69.1 Å². The number of piperazine rings is 1. The van der Waals surface area contributed by atoms with E-state index in [-0.39, 0.29) is 18.2 Å². The summed E-state index contributed by atoms with van der Waals surface area (Å²) in [7, 11) is 0. The molecule has 0 spiro atoms. The molecule has 0 aliphatic carbocycles. The second kappa shape index (κ2) is 6.95. The molecule has 8 heteroatoms. The summed E-state index contributed by atoms with van der Waals surface area (Å²) in [5, 5.41) is 12.7. The number of nitrogens with zero attached hydrogens (tertiary/aromatic N) is 4. The zero-order valence-electron chi connectivity index (χ0n) is 12.3. The largest absolute Gasteiger partial charge is 0.481 e. The van der Waals surface area contributed by atoms with Gasteiger partial charge in [0.2, 0.25) is 0 Å². The first-order valence-electron chi connectivity index (χ1n) is 7.04. The Hall–Kier alpha value is -1.54. The molecule has 1 aromatic rings. The maximum Gasteiger partial charge on any atom is 0.304 e. The number of carbonyl (C=O) groups is 2. The number of carboxylic acid groups (broad SMARTS) is 1. The van der Waals surface area contributed by atoms with Crippen LogP contribution in [0.15, 0.2) is 0 Å². The molecule has 1 aromatic heterocycles. The fourth-order valence-electron chi connectivity index (χ4n) is 2.30. The monoisotopic (exact) mass is 312 g/mol. The highest BCUT2D eigenvalue weighted by Crippen LogP contribution is 2.22. The van der Waals surface area contributed by atoms with Gasteiger partial charge in [0.15, 0.2) is 0 Å². The number of hydrogen-bond acceptors (Lipinski definition) is 6. The molecule has 0 bridgehead atoms. The molecule has 0 radical (unpaired) electrons. The van der Waals surface area contributed by atoms with Gasteiger partial charge in [-0.05, 0) is 17.5 Å². The molecule has 0 unspecified atom stereocenters. The molecule has 1 amide bonds. The van der Waals surface area contributed by atoms with Gasteiger partial charge in [-0.2, -0.15) is 0 Å². The Morgan fingerprint density at radius 2 is 1.95 bits per heavy atom. The Morgan fingerprint density at radius 3 is 2.52 bits per heavy atom. The predicted octanol–water partition coefficient (Wildman–Crippen LogP) is 0.894. The lowest BCUT2D eigenvalue weighted by molar-refractivity contribution is -0.137. The molecule has 116 valence electrons. The average molecular weight is 312 g/mol. The molecule has 0 aromatic carbocycles. The minimum atomic E-state index is -0.786. The number of aromatic nitrogens is 2. The minimum absolute atomic E-state index is 0.00779. The molecular formula is C13H20N4O3S. The molecule has 2 rings (SSSR count). The van der Waals surface area contributed by atoms with Gasteiger partial charge in [-0.3, -0.25) is 14.5 Å². The predicted molar refractivity (Wildman–Crippen MR) is 78.6 cm³/mol. The summed E-state index contributed by atoms with van der Waals surface area (Å²) < 4.78 is 3.89. The van der Waals surface area contributed by atoms with Crippen molar-refractivity contribution in [2.24, 2.45) is 0 Å². The van der Waals surface area contributed by atoms with Gasteiger partial charge in [0.1, 0.15) is 4.88 Å². The van der Waals surface area contributed by atoms with E-state index in [0.29, 0.717) is 37.6 Å². The van der Waals surface area contributed by atoms with E-state index in [1.54, 1.807) is 4.90 Å². The highest BCUT2D eigenvalue weighted by molar-refractivity contribution is 7.08. The van der Waals surface area contributed by atoms with Crippen LogP contribution in [-0.2, 0) is 4.79 Å². The van der Waals surface area contributed by atoms with Gasteiger partial charge in [-0.25, -0.2) is 0 Å². The smallest absolute Gasteiger partial charge is 0.304 e. The first-order valence-corrected chi connectivity index (χ1v) is 7.82. The van der Waals surface area contributed by atoms with Crippen molar-refractivity contribution in [2.45, 2.75) is 26.2 Å². The first kappa shape index (κ1) is 15.8. The van der Waals surface area contributed by atoms with Crippen LogP contribution in [0, 0.1) is 0 Å². The minimum Gasteiger partial charge on any atom is -0.481 e. The van der Waals surface area contributed by atoms with E-state index in [2.05, 4.69) is 14.5 Å². The molecule has 21 heavy (non-hydrogen) atoms. The lowest BCUT2D eigenvalue weighted by Gasteiger charge is -2.34. The van der Waals surface area contributed by atoms with Crippen LogP contribution in [0.1, 0.15) is 41.6 Å². The fraction of sp³-hybridized carbons (Fsp3) is 0.692. The molecular weight excluding hydrogens is 292 g/mol. The van der Waals surface area contributed by atoms with Crippen LogP contribution in [0.25, 0.3) is 0 Å². The van der Waals surface area contributed by atoms with E-state index >= 15 is 0 Å². The molecule has 7 nitrogen and oxygen atoms in total. The van der Waals surface area contributed by atoms with Crippen molar-refractivity contribution in [1.29, 1.82) is 0 Å². The molecule has 1 N–H and O–H groups in total. The molecule has 1 fully saturated rings. The Balaban J connectivity index is 1.91. The van der Waals surface area contributed by atoms with Crippen molar-refractivity contribution in [3.05, 3.63) is 10.6 Å². The SMILES string of the molecule is CC(C)c1nnsc1C(=O)N1CCN(CCC(=O)O)CC1. The van der Waals surface area contributed by atoms with Crippen LogP contribution in [0.4, 0.5) is 0 Å². The number of rotatable bonds is 5. The van der Waals surface area contributed by atoms with Gasteiger partial charge < -0.3 is 10.0 Å². The Kier molecular flexibility index (Phi) is 5.24. The van der Waals surface area contributed by atoms with Crippen LogP contribution in [0.3, 0.4) is 0 Å². The third-order valence-electron chi connectivity index (χ3n) is 3.56. The third-order valence-corrected chi connectivity index (χ3v) is 4.29. The van der Waals surface area contributed by atoms with Crippen LogP contribution >= 0.6 is 11.5 Å². The topological polar surface area (TPSA) is 86.6 Å². The van der Waals surface area contributed by atoms with Gasteiger partial charge in [0.25, 0.3) is 5.91 Å². The summed E-state index contributed by atoms with van der Waals surface area (Å²) in [5.74, 6) is -0.614. The van der Waals surface area contributed by atoms with Crippen molar-refractivity contribution in [3.8, 4) is 0 Å². The van der Waals surface area contributed by atoms with Gasteiger partial charge in [-0.15, -0.1) is 5.10 Å². The van der Waals surface area contributed by atoms with Crippen LogP contribution in [0.2, 0.25) is 0 Å². The van der Waals surface area contributed by atoms with Crippen molar-refractivity contribution >= 4 is 23.4 Å². The van der Waals surface area contributed by atoms with Gasteiger partial charge in [0.05, 0.1) is 12.1 Å². The van der Waals surface area contributed by atoms with E-state index in [0.717, 1.165) is 17.2 Å². The van der Waals surface area contributed by atoms with Crippen LogP contribution < -0.4 is 0 Å². The average Bonchev–Trinajstić information content (AvgIpc) is 2.94. The molecule has 1 aliphatic heterocycles. The zero-order valence-corrected chi connectivity index (χ0v) is 13.1. The first-order chi connectivity index (χ1) is 9.99. The maximum absolute atomic E-state index is 12.5. The highest BCUT2D eigenvalue weighted by atomic mass is 32.1. The molecule has 1 aliphatic rings. The number of aliphatic carboxylic acids is 1. The zero-order chi connectivity index (χ0) is 15.4. The molecule has 0 atom stereocenters. The maximum atomic E-state index is 12.5. The summed E-state index contributed by atoms with van der Waals surface area (Å²) in [6.45, 7) is 7.19. The lowest BCUT2D eigenvalue weighted by atomic mass is 10.1. The Labute approximate surface area is 127 Å². The van der Waals surface area contributed by atoms with E-state index in [9.17, 15) is 9.59 Å². The summed E-state index contributed by atoms with van der Waals surface area (Å²) in [5.41, 5.74) is 0.762. The highest BCUT2D eigenvalue weighted by Gasteiger charge is 2.26. The molecule has 1 saturated heterocycles. The molecule has 2 heterocycles. The number of amides is 1. The fourth-order valence-corrected chi connectivity index (χ4v) is 3.08. The summed E-state index contributed by atoms with van der Waals surface area (Å²) >= 11 is 1.15. The van der Waals surface area contributed by atoms with Gasteiger partial charge in [-0.1, -0.05) is 18.3 Å². The quantitative estimate of drug-likeness (QED) is 0.869. The van der Waals surface area contributed by atoms with E-state index < -0.39 is 5.97 Å². The van der Waals surface area contributed by atoms with E-state index in [1.807, 2.05) is 13.8 Å². The number of carbonyl (C=O) groups excluding carboxylic acids is 1. The van der Waals surface area contributed by atoms with Gasteiger partial charge >= 0.3 is 5.97 Å². The second-order valence-corrected chi connectivity index (χ2v) is 6.17. The summed E-state index contributed by atoms with van der Waals surface area (Å²) in [4.78, 5) is 27.6. The Morgan fingerprint density at radius 1 is 1.29 bits per heavy atom. The standard InChI is InChI=1S/C13H20N4O3S/c1-9(2)11-12(21-15-14-11)13(20)17-7-5-16(6-8-17)4-3-10(18)19/h9H,3-8H2,1-2H3,(H,18,19). The van der Waals surface area contributed by atoms with Gasteiger partial charge in [0, 0.05) is 32.7 Å². The number of carboxylic acids is 1. The van der Waals surface area contributed by atoms with Crippen molar-refractivity contribution in [2.75, 3.05) is 32.7 Å². The summed E-state index contributed by atoms with van der Waals surface area (Å²) in [6.07, 6.45) is 0.143. The van der Waals surface area contributed by atoms with Crippen LogP contribution in [0.5, 0.6) is 0 Å². The van der Waals surface area contributed by atoms with Crippen molar-refractivity contribution < 1.29 is 14.7 Å². The lowest BCUT2D eigenvalue weighted by Crippen LogP contribution is -2.49. The van der Waals surface area contributed by atoms with E-state index in [1.165, 1.54) is 0 Å². The van der Waals surface area contributed by atoms with E-state index in [4.69, 9.17) is 5.11 Å². The second-order valence-electron chi connectivity index (χ2n) is 5.42. The third kappa shape index (κ3) is 3.98. The normalized spacial score (nSPS) is 16.4. The van der Waals surface area contributed by atoms with Crippen molar-refractivity contribution in [1.82, 2.24) is 19.4 Å². The summed E-state index contributed by atoms with van der Waals surface area (Å²) in [6, 6.07) is 0. The van der Waals surface area contributed by atoms with Crippen molar-refractivity contribution in [3.63, 3.8) is 0 Å². The Bertz CT molecular complexity index is 509. The molecule has 0 saturated carbocycles. The number of hydrogen-bond donors (Lipinski definition) is 1.